The molecular weight excluding hydrogens is 222 g/mol. The minimum absolute atomic E-state index is 0.316. The van der Waals surface area contributed by atoms with E-state index in [2.05, 4.69) is 0 Å². The van der Waals surface area contributed by atoms with Crippen LogP contribution >= 0.6 is 11.6 Å². The average Bonchev–Trinajstić information content (AvgIpc) is 2.18. The highest BCUT2D eigenvalue weighted by Gasteiger charge is 2.06. The minimum Gasteiger partial charge on any atom is -0.215 e. The number of halogens is 1. The Bertz CT molecular complexity index is 332. The summed E-state index contributed by atoms with van der Waals surface area (Å²) in [5.74, 6) is 0.316. The van der Waals surface area contributed by atoms with Crippen molar-refractivity contribution in [3.63, 3.8) is 0 Å². The molecule has 0 atom stereocenters. The lowest BCUT2D eigenvalue weighted by Crippen LogP contribution is -2.23. The van der Waals surface area contributed by atoms with E-state index >= 15 is 0 Å². The van der Waals surface area contributed by atoms with E-state index in [9.17, 15) is 8.42 Å². The molecule has 3 nitrogen and oxygen atoms in total. The summed E-state index contributed by atoms with van der Waals surface area (Å²) in [6.45, 7) is 0.751. The maximum absolute atomic E-state index is 10.8. The molecule has 5 heteroatoms. The molecular formula is C9H12ClNO2S. The summed E-state index contributed by atoms with van der Waals surface area (Å²) < 4.78 is 22.9. The lowest BCUT2D eigenvalue weighted by molar-refractivity contribution is 0.441. The topological polar surface area (TPSA) is 37.4 Å². The van der Waals surface area contributed by atoms with E-state index in [0.29, 0.717) is 19.0 Å². The minimum atomic E-state index is -2.54. The molecule has 0 unspecified atom stereocenters. The second-order valence-corrected chi connectivity index (χ2v) is 4.22. The first-order valence-corrected chi connectivity index (χ1v) is 5.89. The van der Waals surface area contributed by atoms with E-state index in [4.69, 9.17) is 11.6 Å². The Hall–Kier alpha value is -0.580. The van der Waals surface area contributed by atoms with E-state index in [-0.39, 0.29) is 0 Å². The number of rotatable bonds is 5. The number of alkyl halides is 1. The fourth-order valence-electron chi connectivity index (χ4n) is 1.11. The van der Waals surface area contributed by atoms with Crippen LogP contribution in [0.15, 0.2) is 30.3 Å². The number of nitrogens with zero attached hydrogens (tertiary/aromatic N) is 1. The molecule has 78 valence electrons. The Morgan fingerprint density at radius 1 is 1.21 bits per heavy atom. The van der Waals surface area contributed by atoms with Gasteiger partial charge in [0.2, 0.25) is 10.9 Å². The van der Waals surface area contributed by atoms with Gasteiger partial charge in [0.05, 0.1) is 0 Å². The van der Waals surface area contributed by atoms with Crippen LogP contribution in [0.2, 0.25) is 0 Å². The normalized spacial score (nSPS) is 11.1. The fraction of sp³-hybridized carbons (Fsp3) is 0.333. The van der Waals surface area contributed by atoms with E-state index < -0.39 is 10.9 Å². The van der Waals surface area contributed by atoms with Crippen molar-refractivity contribution in [2.24, 2.45) is 0 Å². The summed E-state index contributed by atoms with van der Waals surface area (Å²) >= 11 is 5.50. The number of hydrogen-bond acceptors (Lipinski definition) is 2. The molecule has 0 radical (unpaired) electrons. The summed E-state index contributed by atoms with van der Waals surface area (Å²) in [7, 11) is -2.54. The van der Waals surface area contributed by atoms with Gasteiger partial charge >= 0.3 is 0 Å². The van der Waals surface area contributed by atoms with Crippen LogP contribution in [0.5, 0.6) is 0 Å². The molecule has 0 amide bonds. The van der Waals surface area contributed by atoms with Gasteiger partial charge in [-0.2, -0.15) is 4.31 Å². The molecule has 1 aromatic rings. The SMILES string of the molecule is O=[SH](=O)N(CCCl)Cc1ccccc1. The van der Waals surface area contributed by atoms with Crippen LogP contribution in [0.3, 0.4) is 0 Å². The van der Waals surface area contributed by atoms with Crippen molar-refractivity contribution >= 4 is 22.5 Å². The summed E-state index contributed by atoms with van der Waals surface area (Å²) in [6, 6.07) is 9.44. The maximum atomic E-state index is 10.8. The molecule has 0 aliphatic rings. The van der Waals surface area contributed by atoms with Gasteiger partial charge in [0.15, 0.2) is 0 Å². The van der Waals surface area contributed by atoms with Crippen molar-refractivity contribution in [1.82, 2.24) is 4.31 Å². The molecule has 0 bridgehead atoms. The lowest BCUT2D eigenvalue weighted by Gasteiger charge is -2.13. The highest BCUT2D eigenvalue weighted by Crippen LogP contribution is 2.04. The molecule has 0 fully saturated rings. The largest absolute Gasteiger partial charge is 0.215 e. The van der Waals surface area contributed by atoms with Gasteiger partial charge in [0.25, 0.3) is 0 Å². The quantitative estimate of drug-likeness (QED) is 0.614. The molecule has 1 aromatic carbocycles. The molecule has 0 spiro atoms. The number of thiol groups is 1. The summed E-state index contributed by atoms with van der Waals surface area (Å²) in [4.78, 5) is 0. The summed E-state index contributed by atoms with van der Waals surface area (Å²) in [6.07, 6.45) is 0. The van der Waals surface area contributed by atoms with Gasteiger partial charge < -0.3 is 0 Å². The van der Waals surface area contributed by atoms with E-state index in [1.54, 1.807) is 0 Å². The highest BCUT2D eigenvalue weighted by atomic mass is 35.5. The van der Waals surface area contributed by atoms with Crippen LogP contribution in [0.25, 0.3) is 0 Å². The van der Waals surface area contributed by atoms with Crippen LogP contribution in [-0.4, -0.2) is 25.1 Å². The van der Waals surface area contributed by atoms with Gasteiger partial charge in [-0.3, -0.25) is 0 Å². The Morgan fingerprint density at radius 2 is 1.86 bits per heavy atom. The zero-order valence-corrected chi connectivity index (χ0v) is 9.25. The van der Waals surface area contributed by atoms with Gasteiger partial charge in [0, 0.05) is 19.0 Å². The molecule has 0 saturated carbocycles. The third-order valence-electron chi connectivity index (χ3n) is 1.78. The predicted octanol–water partition coefficient (Wildman–Crippen LogP) is 1.25. The summed E-state index contributed by atoms with van der Waals surface area (Å²) in [5, 5.41) is 0. The van der Waals surface area contributed by atoms with Gasteiger partial charge in [0.1, 0.15) is 0 Å². The first-order chi connectivity index (χ1) is 6.74. The molecule has 14 heavy (non-hydrogen) atoms. The number of benzene rings is 1. The Labute approximate surface area is 90.4 Å². The molecule has 0 N–H and O–H groups in total. The molecule has 0 aliphatic heterocycles. The van der Waals surface area contributed by atoms with Crippen molar-refractivity contribution in [3.8, 4) is 0 Å². The number of hydrogen-bond donors (Lipinski definition) is 1. The Kier molecular flexibility index (Phi) is 4.93. The third-order valence-corrected chi connectivity index (χ3v) is 2.75. The lowest BCUT2D eigenvalue weighted by atomic mass is 10.2. The van der Waals surface area contributed by atoms with E-state index in [0.717, 1.165) is 5.56 Å². The first kappa shape index (κ1) is 11.5. The monoisotopic (exact) mass is 233 g/mol. The third kappa shape index (κ3) is 3.65. The van der Waals surface area contributed by atoms with Crippen LogP contribution in [0, 0.1) is 0 Å². The zero-order valence-electron chi connectivity index (χ0n) is 7.60. The van der Waals surface area contributed by atoms with Gasteiger partial charge in [-0.1, -0.05) is 30.3 Å². The Morgan fingerprint density at radius 3 is 2.36 bits per heavy atom. The van der Waals surface area contributed by atoms with Crippen LogP contribution in [-0.2, 0) is 17.4 Å². The van der Waals surface area contributed by atoms with Gasteiger partial charge in [-0.25, -0.2) is 8.42 Å². The molecule has 0 saturated heterocycles. The molecule has 1 rings (SSSR count). The maximum Gasteiger partial charge on any atom is 0.204 e. The van der Waals surface area contributed by atoms with Crippen LogP contribution in [0.1, 0.15) is 5.56 Å². The van der Waals surface area contributed by atoms with Gasteiger partial charge in [-0.05, 0) is 5.56 Å². The molecule has 0 heterocycles. The second-order valence-electron chi connectivity index (χ2n) is 2.80. The average molecular weight is 234 g/mol. The van der Waals surface area contributed by atoms with Crippen LogP contribution < -0.4 is 0 Å². The smallest absolute Gasteiger partial charge is 0.204 e. The van der Waals surface area contributed by atoms with E-state index in [1.165, 1.54) is 4.31 Å². The predicted molar refractivity (Wildman–Crippen MR) is 57.9 cm³/mol. The van der Waals surface area contributed by atoms with E-state index in [1.807, 2.05) is 30.3 Å². The zero-order chi connectivity index (χ0) is 10.4. The highest BCUT2D eigenvalue weighted by molar-refractivity contribution is 7.69. The first-order valence-electron chi connectivity index (χ1n) is 4.23. The van der Waals surface area contributed by atoms with Crippen molar-refractivity contribution < 1.29 is 8.42 Å². The Balaban J connectivity index is 2.65. The van der Waals surface area contributed by atoms with Crippen LogP contribution in [0.4, 0.5) is 0 Å². The second kappa shape index (κ2) is 6.01. The van der Waals surface area contributed by atoms with Crippen molar-refractivity contribution in [1.29, 1.82) is 0 Å². The molecule has 0 aliphatic carbocycles. The summed E-state index contributed by atoms with van der Waals surface area (Å²) in [5.41, 5.74) is 0.969. The molecule has 0 aromatic heterocycles. The fourth-order valence-corrected chi connectivity index (χ4v) is 1.97. The van der Waals surface area contributed by atoms with Crippen molar-refractivity contribution in [2.45, 2.75) is 6.54 Å². The van der Waals surface area contributed by atoms with Gasteiger partial charge in [-0.15, -0.1) is 11.6 Å². The van der Waals surface area contributed by atoms with Crippen molar-refractivity contribution in [2.75, 3.05) is 12.4 Å². The standard InChI is InChI=1S/C9H12ClNO2S/c10-6-7-11(14(12)13)8-9-4-2-1-3-5-9/h1-5,14H,6-8H2. The van der Waals surface area contributed by atoms with Crippen molar-refractivity contribution in [3.05, 3.63) is 35.9 Å².